The fourth-order valence-corrected chi connectivity index (χ4v) is 6.13. The van der Waals surface area contributed by atoms with Gasteiger partial charge >= 0.3 is 0 Å². The third-order valence-electron chi connectivity index (χ3n) is 6.96. The summed E-state index contributed by atoms with van der Waals surface area (Å²) in [5, 5.41) is 3.86. The predicted molar refractivity (Wildman–Crippen MR) is 153 cm³/mol. The summed E-state index contributed by atoms with van der Waals surface area (Å²) in [6.45, 7) is 6.75. The maximum absolute atomic E-state index is 13.2. The molecular weight excluding hydrogens is 543 g/mol. The van der Waals surface area contributed by atoms with Gasteiger partial charge in [0.25, 0.3) is 15.9 Å². The SMILES string of the molecule is CC(C)(C)C1CCC(NC(=O)c2cc(Cl)ccc2NS(=O)(=O)c2ccc(Oc3ccccc3Cl)cc2)CC1. The summed E-state index contributed by atoms with van der Waals surface area (Å²) >= 11 is 12.3. The topological polar surface area (TPSA) is 84.5 Å². The Balaban J connectivity index is 1.46. The van der Waals surface area contributed by atoms with E-state index in [1.165, 1.54) is 24.3 Å². The minimum atomic E-state index is -3.99. The van der Waals surface area contributed by atoms with Crippen LogP contribution in [0.4, 0.5) is 5.69 Å². The molecule has 38 heavy (non-hydrogen) atoms. The molecule has 0 aliphatic heterocycles. The summed E-state index contributed by atoms with van der Waals surface area (Å²) in [6.07, 6.45) is 3.86. The Morgan fingerprint density at radius 2 is 1.58 bits per heavy atom. The molecule has 0 heterocycles. The summed E-state index contributed by atoms with van der Waals surface area (Å²) < 4.78 is 34.6. The fourth-order valence-electron chi connectivity index (χ4n) is 4.71. The number of para-hydroxylation sites is 1. The van der Waals surface area contributed by atoms with Crippen LogP contribution in [0, 0.1) is 11.3 Å². The van der Waals surface area contributed by atoms with E-state index in [4.69, 9.17) is 27.9 Å². The number of halogens is 2. The normalized spacial score (nSPS) is 18.0. The van der Waals surface area contributed by atoms with E-state index in [0.29, 0.717) is 27.5 Å². The van der Waals surface area contributed by atoms with Crippen molar-refractivity contribution >= 4 is 44.8 Å². The average molecular weight is 576 g/mol. The van der Waals surface area contributed by atoms with Crippen molar-refractivity contribution < 1.29 is 17.9 Å². The van der Waals surface area contributed by atoms with Crippen molar-refractivity contribution in [2.24, 2.45) is 11.3 Å². The number of hydrogen-bond donors (Lipinski definition) is 2. The molecule has 1 aliphatic rings. The number of amides is 1. The summed E-state index contributed by atoms with van der Waals surface area (Å²) in [6, 6.07) is 17.5. The van der Waals surface area contributed by atoms with Gasteiger partial charge in [0.1, 0.15) is 11.5 Å². The zero-order valence-corrected chi connectivity index (χ0v) is 24.0. The third-order valence-corrected chi connectivity index (χ3v) is 8.88. The van der Waals surface area contributed by atoms with E-state index in [-0.39, 0.29) is 33.5 Å². The van der Waals surface area contributed by atoms with Gasteiger partial charge in [-0.1, -0.05) is 56.1 Å². The van der Waals surface area contributed by atoms with Gasteiger partial charge in [0, 0.05) is 11.1 Å². The van der Waals surface area contributed by atoms with Gasteiger partial charge in [-0.15, -0.1) is 0 Å². The lowest BCUT2D eigenvalue weighted by Gasteiger charge is -2.37. The van der Waals surface area contributed by atoms with Gasteiger partial charge in [-0.25, -0.2) is 8.42 Å². The van der Waals surface area contributed by atoms with Gasteiger partial charge in [-0.3, -0.25) is 9.52 Å². The van der Waals surface area contributed by atoms with Gasteiger partial charge in [0.2, 0.25) is 0 Å². The molecule has 0 bridgehead atoms. The van der Waals surface area contributed by atoms with E-state index < -0.39 is 10.0 Å². The number of nitrogens with one attached hydrogen (secondary N) is 2. The zero-order valence-electron chi connectivity index (χ0n) is 21.6. The van der Waals surface area contributed by atoms with Crippen LogP contribution in [-0.4, -0.2) is 20.4 Å². The molecule has 6 nitrogen and oxygen atoms in total. The molecule has 4 rings (SSSR count). The molecule has 0 radical (unpaired) electrons. The van der Waals surface area contributed by atoms with Crippen LogP contribution < -0.4 is 14.8 Å². The van der Waals surface area contributed by atoms with Crippen LogP contribution in [0.2, 0.25) is 10.0 Å². The van der Waals surface area contributed by atoms with Crippen LogP contribution in [0.25, 0.3) is 0 Å². The molecular formula is C29H32Cl2N2O4S. The van der Waals surface area contributed by atoms with Crippen LogP contribution in [0.1, 0.15) is 56.8 Å². The Morgan fingerprint density at radius 3 is 2.21 bits per heavy atom. The number of carbonyl (C=O) groups is 1. The first-order valence-electron chi connectivity index (χ1n) is 12.6. The second-order valence-corrected chi connectivity index (χ2v) is 13.2. The van der Waals surface area contributed by atoms with E-state index in [1.807, 2.05) is 0 Å². The summed E-state index contributed by atoms with van der Waals surface area (Å²) in [5.41, 5.74) is 0.580. The maximum atomic E-state index is 13.2. The molecule has 0 unspecified atom stereocenters. The minimum absolute atomic E-state index is 0.0193. The lowest BCUT2D eigenvalue weighted by molar-refractivity contribution is 0.0905. The largest absolute Gasteiger partial charge is 0.456 e. The van der Waals surface area contributed by atoms with Crippen molar-refractivity contribution in [2.45, 2.75) is 57.4 Å². The first-order chi connectivity index (χ1) is 17.9. The molecule has 9 heteroatoms. The van der Waals surface area contributed by atoms with Gasteiger partial charge in [-0.2, -0.15) is 0 Å². The van der Waals surface area contributed by atoms with Crippen molar-refractivity contribution in [3.05, 3.63) is 82.3 Å². The first kappa shape index (κ1) is 28.3. The molecule has 3 aromatic carbocycles. The molecule has 1 amide bonds. The summed E-state index contributed by atoms with van der Waals surface area (Å²) in [5.74, 6) is 1.16. The number of rotatable bonds is 7. The van der Waals surface area contributed by atoms with Gasteiger partial charge < -0.3 is 10.1 Å². The molecule has 0 atom stereocenters. The molecule has 0 saturated heterocycles. The third kappa shape index (κ3) is 7.01. The van der Waals surface area contributed by atoms with Crippen LogP contribution in [-0.2, 0) is 10.0 Å². The maximum Gasteiger partial charge on any atom is 0.261 e. The van der Waals surface area contributed by atoms with Crippen molar-refractivity contribution in [1.82, 2.24) is 5.32 Å². The van der Waals surface area contributed by atoms with Crippen LogP contribution in [0.15, 0.2) is 71.6 Å². The molecule has 2 N–H and O–H groups in total. The van der Waals surface area contributed by atoms with Crippen molar-refractivity contribution in [1.29, 1.82) is 0 Å². The van der Waals surface area contributed by atoms with Crippen LogP contribution in [0.5, 0.6) is 11.5 Å². The second-order valence-electron chi connectivity index (χ2n) is 10.7. The van der Waals surface area contributed by atoms with Crippen molar-refractivity contribution in [3.63, 3.8) is 0 Å². The van der Waals surface area contributed by atoms with Gasteiger partial charge in [-0.05, 0) is 91.6 Å². The minimum Gasteiger partial charge on any atom is -0.456 e. The van der Waals surface area contributed by atoms with Gasteiger partial charge in [0.05, 0.1) is 21.2 Å². The first-order valence-corrected chi connectivity index (χ1v) is 14.8. The highest BCUT2D eigenvalue weighted by molar-refractivity contribution is 7.92. The second kappa shape index (κ2) is 11.6. The molecule has 0 aromatic heterocycles. The van der Waals surface area contributed by atoms with Crippen molar-refractivity contribution in [3.8, 4) is 11.5 Å². The zero-order chi connectivity index (χ0) is 27.5. The number of hydrogen-bond acceptors (Lipinski definition) is 4. The molecule has 3 aromatic rings. The Labute approximate surface area is 234 Å². The number of sulfonamides is 1. The Morgan fingerprint density at radius 1 is 0.921 bits per heavy atom. The summed E-state index contributed by atoms with van der Waals surface area (Å²) in [4.78, 5) is 13.2. The molecule has 202 valence electrons. The monoisotopic (exact) mass is 574 g/mol. The average Bonchev–Trinajstić information content (AvgIpc) is 2.86. The molecule has 1 aliphatic carbocycles. The molecule has 1 saturated carbocycles. The van der Waals surface area contributed by atoms with Crippen molar-refractivity contribution in [2.75, 3.05) is 4.72 Å². The van der Waals surface area contributed by atoms with E-state index in [1.54, 1.807) is 42.5 Å². The highest BCUT2D eigenvalue weighted by atomic mass is 35.5. The highest BCUT2D eigenvalue weighted by Crippen LogP contribution is 2.38. The number of anilines is 1. The Bertz CT molecular complexity index is 1390. The van der Waals surface area contributed by atoms with Crippen LogP contribution in [0.3, 0.4) is 0 Å². The Kier molecular flexibility index (Phi) is 8.60. The number of carbonyl (C=O) groups excluding carboxylic acids is 1. The van der Waals surface area contributed by atoms with E-state index >= 15 is 0 Å². The smallest absolute Gasteiger partial charge is 0.261 e. The van der Waals surface area contributed by atoms with Crippen LogP contribution >= 0.6 is 23.2 Å². The van der Waals surface area contributed by atoms with E-state index in [9.17, 15) is 13.2 Å². The fraction of sp³-hybridized carbons (Fsp3) is 0.345. The Hall–Kier alpha value is -2.74. The molecule has 0 spiro atoms. The summed E-state index contributed by atoms with van der Waals surface area (Å²) in [7, 11) is -3.99. The standard InChI is InChI=1S/C29H32Cl2N2O4S/c1-29(2,3)19-8-11-21(12-9-19)32-28(34)24-18-20(30)10-17-26(24)33-38(35,36)23-15-13-22(14-16-23)37-27-7-5-4-6-25(27)31/h4-7,10,13-19,21,33H,8-9,11-12H2,1-3H3,(H,32,34). The van der Waals surface area contributed by atoms with E-state index in [0.717, 1.165) is 25.7 Å². The number of benzene rings is 3. The lowest BCUT2D eigenvalue weighted by Crippen LogP contribution is -2.39. The van der Waals surface area contributed by atoms with E-state index in [2.05, 4.69) is 30.8 Å². The van der Waals surface area contributed by atoms with Gasteiger partial charge in [0.15, 0.2) is 0 Å². The lowest BCUT2D eigenvalue weighted by atomic mass is 9.71. The highest BCUT2D eigenvalue weighted by Gasteiger charge is 2.30. The molecule has 1 fully saturated rings. The predicted octanol–water partition coefficient (Wildman–Crippen LogP) is 7.92. The number of ether oxygens (including phenoxy) is 1. The quantitative estimate of drug-likeness (QED) is 0.300.